The summed E-state index contributed by atoms with van der Waals surface area (Å²) in [6.45, 7) is 5.99. The van der Waals surface area contributed by atoms with Crippen LogP contribution in [0, 0.1) is 0 Å². The Morgan fingerprint density at radius 3 is 1.73 bits per heavy atom. The number of aliphatic hydroxyl groups is 1. The van der Waals surface area contributed by atoms with Crippen molar-refractivity contribution in [2.45, 2.75) is 51.7 Å². The van der Waals surface area contributed by atoms with Gasteiger partial charge >= 0.3 is 0 Å². The molecule has 0 amide bonds. The van der Waals surface area contributed by atoms with Crippen LogP contribution in [0.4, 0.5) is 0 Å². The topological polar surface area (TPSA) is 46.2 Å². The summed E-state index contributed by atoms with van der Waals surface area (Å²) in [7, 11) is 0. The predicted molar refractivity (Wildman–Crippen MR) is 59.2 cm³/mol. The van der Waals surface area contributed by atoms with Gasteiger partial charge in [0.1, 0.15) is 0 Å². The molecule has 3 heteroatoms. The fourth-order valence-electron chi connectivity index (χ4n) is 1.13. The van der Waals surface area contributed by atoms with Gasteiger partial charge in [-0.2, -0.15) is 0 Å². The Bertz CT molecular complexity index is 94.1. The van der Waals surface area contributed by atoms with Gasteiger partial charge in [0, 0.05) is 5.54 Å². The highest BCUT2D eigenvalue weighted by Crippen LogP contribution is 2.18. The third-order valence-electron chi connectivity index (χ3n) is 2.37. The SMILES string of the molecule is CCC(O)C(N)(CC)CC.I. The molecule has 0 saturated carbocycles. The molecular weight excluding hydrogens is 253 g/mol. The van der Waals surface area contributed by atoms with Crippen molar-refractivity contribution < 1.29 is 5.11 Å². The number of rotatable bonds is 4. The molecule has 3 N–H and O–H groups in total. The minimum absolute atomic E-state index is 0. The van der Waals surface area contributed by atoms with Crippen LogP contribution in [0.25, 0.3) is 0 Å². The maximum atomic E-state index is 9.45. The smallest absolute Gasteiger partial charge is 0.0716 e. The van der Waals surface area contributed by atoms with Crippen molar-refractivity contribution >= 4 is 24.0 Å². The van der Waals surface area contributed by atoms with E-state index >= 15 is 0 Å². The van der Waals surface area contributed by atoms with Crippen molar-refractivity contribution in [2.75, 3.05) is 0 Å². The second-order valence-electron chi connectivity index (χ2n) is 2.86. The van der Waals surface area contributed by atoms with E-state index < -0.39 is 0 Å². The van der Waals surface area contributed by atoms with E-state index in [1.807, 2.05) is 20.8 Å². The van der Waals surface area contributed by atoms with Crippen molar-refractivity contribution in [1.29, 1.82) is 0 Å². The van der Waals surface area contributed by atoms with Gasteiger partial charge in [-0.3, -0.25) is 0 Å². The first kappa shape index (κ1) is 14.2. The molecule has 11 heavy (non-hydrogen) atoms. The molecule has 0 fully saturated rings. The Labute approximate surface area is 86.6 Å². The van der Waals surface area contributed by atoms with Gasteiger partial charge in [-0.25, -0.2) is 0 Å². The Kier molecular flexibility index (Phi) is 7.99. The average molecular weight is 273 g/mol. The molecule has 70 valence electrons. The zero-order valence-corrected chi connectivity index (χ0v) is 9.96. The van der Waals surface area contributed by atoms with Crippen LogP contribution in [0.1, 0.15) is 40.0 Å². The highest BCUT2D eigenvalue weighted by atomic mass is 127. The molecule has 0 aromatic carbocycles. The second-order valence-corrected chi connectivity index (χ2v) is 2.86. The standard InChI is InChI=1S/C8H19NO.HI/c1-4-7(10)8(9,5-2)6-3;/h7,10H,4-6,9H2,1-3H3;1H. The summed E-state index contributed by atoms with van der Waals surface area (Å²) in [6, 6.07) is 0. The van der Waals surface area contributed by atoms with Crippen molar-refractivity contribution in [3.8, 4) is 0 Å². The van der Waals surface area contributed by atoms with Crippen LogP contribution in [-0.4, -0.2) is 16.7 Å². The van der Waals surface area contributed by atoms with E-state index in [0.717, 1.165) is 19.3 Å². The number of hydrogen-bond acceptors (Lipinski definition) is 2. The van der Waals surface area contributed by atoms with Crippen LogP contribution < -0.4 is 5.73 Å². The van der Waals surface area contributed by atoms with E-state index in [1.165, 1.54) is 0 Å². The zero-order valence-electron chi connectivity index (χ0n) is 7.63. The van der Waals surface area contributed by atoms with Crippen LogP contribution in [0.15, 0.2) is 0 Å². The highest BCUT2D eigenvalue weighted by molar-refractivity contribution is 14.0. The maximum Gasteiger partial charge on any atom is 0.0716 e. The fraction of sp³-hybridized carbons (Fsp3) is 1.00. The number of hydrogen-bond donors (Lipinski definition) is 2. The van der Waals surface area contributed by atoms with Crippen LogP contribution >= 0.6 is 24.0 Å². The lowest BCUT2D eigenvalue weighted by Gasteiger charge is -2.31. The minimum Gasteiger partial charge on any atom is -0.391 e. The molecule has 2 nitrogen and oxygen atoms in total. The summed E-state index contributed by atoms with van der Waals surface area (Å²) < 4.78 is 0. The summed E-state index contributed by atoms with van der Waals surface area (Å²) in [5.74, 6) is 0. The van der Waals surface area contributed by atoms with Crippen LogP contribution in [0.5, 0.6) is 0 Å². The Morgan fingerprint density at radius 1 is 1.27 bits per heavy atom. The van der Waals surface area contributed by atoms with E-state index in [9.17, 15) is 5.11 Å². The number of aliphatic hydroxyl groups excluding tert-OH is 1. The van der Waals surface area contributed by atoms with Crippen molar-refractivity contribution in [1.82, 2.24) is 0 Å². The molecular formula is C8H20INO. The van der Waals surface area contributed by atoms with E-state index in [1.54, 1.807) is 0 Å². The van der Waals surface area contributed by atoms with E-state index in [2.05, 4.69) is 0 Å². The third-order valence-corrected chi connectivity index (χ3v) is 2.37. The van der Waals surface area contributed by atoms with Gasteiger partial charge in [0.15, 0.2) is 0 Å². The van der Waals surface area contributed by atoms with Crippen LogP contribution in [0.3, 0.4) is 0 Å². The molecule has 0 spiro atoms. The van der Waals surface area contributed by atoms with Gasteiger partial charge in [-0.05, 0) is 19.3 Å². The van der Waals surface area contributed by atoms with Gasteiger partial charge < -0.3 is 10.8 Å². The average Bonchev–Trinajstić information content (AvgIpc) is 2.01. The normalized spacial score (nSPS) is 13.9. The lowest BCUT2D eigenvalue weighted by atomic mass is 9.86. The second kappa shape index (κ2) is 6.20. The van der Waals surface area contributed by atoms with Crippen LogP contribution in [-0.2, 0) is 0 Å². The number of nitrogens with two attached hydrogens (primary N) is 1. The molecule has 0 aliphatic carbocycles. The van der Waals surface area contributed by atoms with E-state index in [0.29, 0.717) is 0 Å². The number of halogens is 1. The lowest BCUT2D eigenvalue weighted by Crippen LogP contribution is -2.49. The first-order chi connectivity index (χ1) is 4.60. The largest absolute Gasteiger partial charge is 0.391 e. The first-order valence-electron chi connectivity index (χ1n) is 4.07. The Morgan fingerprint density at radius 2 is 1.64 bits per heavy atom. The third kappa shape index (κ3) is 3.71. The van der Waals surface area contributed by atoms with E-state index in [4.69, 9.17) is 5.73 Å². The van der Waals surface area contributed by atoms with Crippen molar-refractivity contribution in [2.24, 2.45) is 5.73 Å². The Hall–Kier alpha value is 0.650. The monoisotopic (exact) mass is 273 g/mol. The van der Waals surface area contributed by atoms with Crippen LogP contribution in [0.2, 0.25) is 0 Å². The van der Waals surface area contributed by atoms with E-state index in [-0.39, 0.29) is 35.6 Å². The molecule has 0 rings (SSSR count). The van der Waals surface area contributed by atoms with Gasteiger partial charge in [-0.15, -0.1) is 24.0 Å². The van der Waals surface area contributed by atoms with Gasteiger partial charge in [-0.1, -0.05) is 20.8 Å². The molecule has 0 aromatic heterocycles. The summed E-state index contributed by atoms with van der Waals surface area (Å²) in [4.78, 5) is 0. The first-order valence-corrected chi connectivity index (χ1v) is 4.07. The van der Waals surface area contributed by atoms with Gasteiger partial charge in [0.2, 0.25) is 0 Å². The predicted octanol–water partition coefficient (Wildman–Crippen LogP) is 1.89. The summed E-state index contributed by atoms with van der Waals surface area (Å²) >= 11 is 0. The van der Waals surface area contributed by atoms with Gasteiger partial charge in [0.25, 0.3) is 0 Å². The minimum atomic E-state index is -0.352. The molecule has 0 saturated heterocycles. The molecule has 1 unspecified atom stereocenters. The molecule has 0 aliphatic rings. The Balaban J connectivity index is 0. The summed E-state index contributed by atoms with van der Waals surface area (Å²) in [5.41, 5.74) is 5.55. The maximum absolute atomic E-state index is 9.45. The zero-order chi connectivity index (χ0) is 8.20. The quantitative estimate of drug-likeness (QED) is 0.768. The molecule has 0 heterocycles. The van der Waals surface area contributed by atoms with Crippen molar-refractivity contribution in [3.63, 3.8) is 0 Å². The lowest BCUT2D eigenvalue weighted by molar-refractivity contribution is 0.0749. The summed E-state index contributed by atoms with van der Waals surface area (Å²) in [5, 5.41) is 9.45. The molecule has 0 radical (unpaired) electrons. The summed E-state index contributed by atoms with van der Waals surface area (Å²) in [6.07, 6.45) is 2.09. The van der Waals surface area contributed by atoms with Crippen molar-refractivity contribution in [3.05, 3.63) is 0 Å². The highest BCUT2D eigenvalue weighted by Gasteiger charge is 2.27. The fourth-order valence-corrected chi connectivity index (χ4v) is 1.13. The van der Waals surface area contributed by atoms with Gasteiger partial charge in [0.05, 0.1) is 6.10 Å². The molecule has 0 aromatic rings. The molecule has 0 aliphatic heterocycles. The molecule has 1 atom stereocenters. The molecule has 0 bridgehead atoms.